The van der Waals surface area contributed by atoms with Crippen molar-refractivity contribution < 1.29 is 14.3 Å². The van der Waals surface area contributed by atoms with Crippen LogP contribution in [-0.4, -0.2) is 21.0 Å². The van der Waals surface area contributed by atoms with Crippen LogP contribution in [0.1, 0.15) is 63.9 Å². The number of hydrogen-bond donors (Lipinski definition) is 2. The second kappa shape index (κ2) is 10.6. The fourth-order valence-corrected chi connectivity index (χ4v) is 3.64. The van der Waals surface area contributed by atoms with E-state index >= 15 is 0 Å². The average molecular weight is 408 g/mol. The van der Waals surface area contributed by atoms with Gasteiger partial charge in [-0.3, -0.25) is 9.59 Å². The molecule has 2 aromatic heterocycles. The molecule has 0 aliphatic heterocycles. The second-order valence-electron chi connectivity index (χ2n) is 7.41. The van der Waals surface area contributed by atoms with Crippen LogP contribution in [0.2, 0.25) is 0 Å². The normalized spacial score (nSPS) is 13.0. The van der Waals surface area contributed by atoms with Gasteiger partial charge in [0.25, 0.3) is 5.56 Å². The van der Waals surface area contributed by atoms with Gasteiger partial charge in [-0.25, -0.2) is 4.98 Å². The maximum absolute atomic E-state index is 12.2. The van der Waals surface area contributed by atoms with Gasteiger partial charge in [-0.2, -0.15) is 0 Å². The number of furan rings is 1. The zero-order valence-corrected chi connectivity index (χ0v) is 17.3. The third-order valence-electron chi connectivity index (χ3n) is 5.14. The molecule has 0 saturated heterocycles. The van der Waals surface area contributed by atoms with Gasteiger partial charge in [0.15, 0.2) is 0 Å². The highest BCUT2D eigenvalue weighted by Gasteiger charge is 2.23. The number of carboxylic acid groups (broad SMARTS) is 1. The predicted molar refractivity (Wildman–Crippen MR) is 118 cm³/mol. The van der Waals surface area contributed by atoms with E-state index in [9.17, 15) is 9.59 Å². The Kier molecular flexibility index (Phi) is 7.60. The molecular weight excluding hydrogens is 380 g/mol. The Morgan fingerprint density at radius 1 is 1.20 bits per heavy atom. The van der Waals surface area contributed by atoms with Gasteiger partial charge in [0.2, 0.25) is 5.71 Å². The number of hydrogen-bond acceptors (Lipinski definition) is 4. The molecule has 0 spiro atoms. The highest BCUT2D eigenvalue weighted by Crippen LogP contribution is 2.39. The monoisotopic (exact) mass is 408 g/mol. The van der Waals surface area contributed by atoms with E-state index in [0.717, 1.165) is 55.4 Å². The predicted octanol–water partition coefficient (Wildman–Crippen LogP) is 5.79. The van der Waals surface area contributed by atoms with Crippen molar-refractivity contribution in [1.29, 1.82) is 0 Å². The minimum absolute atomic E-state index is 0.145. The average Bonchev–Trinajstić information content (AvgIpc) is 3.40. The minimum Gasteiger partial charge on any atom is -0.481 e. The van der Waals surface area contributed by atoms with E-state index in [1.807, 2.05) is 30.3 Å². The van der Waals surface area contributed by atoms with E-state index in [2.05, 4.69) is 23.0 Å². The summed E-state index contributed by atoms with van der Waals surface area (Å²) in [6.45, 7) is 2.11. The highest BCUT2D eigenvalue weighted by atomic mass is 16.4. The summed E-state index contributed by atoms with van der Waals surface area (Å²) >= 11 is 0. The van der Waals surface area contributed by atoms with Crippen LogP contribution in [0.25, 0.3) is 28.0 Å². The SMILES string of the molecule is CCCCCCC(=O)O.O=c1[nH]cnc2oc(-c3ccccc3)c(C3=CCCC3)c12. The lowest BCUT2D eigenvalue weighted by atomic mass is 9.99. The maximum atomic E-state index is 12.2. The van der Waals surface area contributed by atoms with E-state index in [4.69, 9.17) is 9.52 Å². The largest absolute Gasteiger partial charge is 0.481 e. The second-order valence-corrected chi connectivity index (χ2v) is 7.41. The van der Waals surface area contributed by atoms with Crippen molar-refractivity contribution in [3.8, 4) is 11.3 Å². The number of unbranched alkanes of at least 4 members (excludes halogenated alkanes) is 3. The molecule has 0 saturated carbocycles. The van der Waals surface area contributed by atoms with Crippen LogP contribution in [-0.2, 0) is 4.79 Å². The Balaban J connectivity index is 0.000000244. The van der Waals surface area contributed by atoms with Gasteiger partial charge in [0.1, 0.15) is 11.1 Å². The van der Waals surface area contributed by atoms with E-state index in [0.29, 0.717) is 17.5 Å². The number of rotatable bonds is 7. The number of aromatic amines is 1. The Labute approximate surface area is 175 Å². The molecule has 0 atom stereocenters. The molecule has 1 aliphatic carbocycles. The quantitative estimate of drug-likeness (QED) is 0.482. The first-order chi connectivity index (χ1) is 14.6. The Bertz CT molecular complexity index is 1060. The van der Waals surface area contributed by atoms with Crippen LogP contribution in [0.3, 0.4) is 0 Å². The number of carboxylic acids is 1. The van der Waals surface area contributed by atoms with Crippen molar-refractivity contribution in [3.05, 3.63) is 58.7 Å². The van der Waals surface area contributed by atoms with Crippen LogP contribution in [0.15, 0.2) is 51.9 Å². The number of allylic oxidation sites excluding steroid dienone is 2. The zero-order chi connectivity index (χ0) is 21.3. The number of aromatic nitrogens is 2. The third kappa shape index (κ3) is 5.26. The summed E-state index contributed by atoms with van der Waals surface area (Å²) in [4.78, 5) is 29.0. The molecule has 30 heavy (non-hydrogen) atoms. The summed E-state index contributed by atoms with van der Waals surface area (Å²) in [6.07, 6.45) is 11.3. The van der Waals surface area contributed by atoms with Crippen molar-refractivity contribution in [2.75, 3.05) is 0 Å². The van der Waals surface area contributed by atoms with Gasteiger partial charge in [-0.1, -0.05) is 62.6 Å². The molecule has 4 rings (SSSR count). The lowest BCUT2D eigenvalue weighted by molar-refractivity contribution is -0.137. The molecule has 1 aliphatic rings. The molecule has 6 heteroatoms. The third-order valence-corrected chi connectivity index (χ3v) is 5.14. The van der Waals surface area contributed by atoms with Crippen LogP contribution in [0.4, 0.5) is 0 Å². The zero-order valence-electron chi connectivity index (χ0n) is 17.3. The van der Waals surface area contributed by atoms with Crippen molar-refractivity contribution in [3.63, 3.8) is 0 Å². The fourth-order valence-electron chi connectivity index (χ4n) is 3.64. The minimum atomic E-state index is -0.675. The number of aliphatic carboxylic acids is 1. The molecule has 2 N–H and O–H groups in total. The Morgan fingerprint density at radius 3 is 2.67 bits per heavy atom. The summed E-state index contributed by atoms with van der Waals surface area (Å²) in [7, 11) is 0. The van der Waals surface area contributed by atoms with E-state index < -0.39 is 5.97 Å². The molecule has 0 bridgehead atoms. The maximum Gasteiger partial charge on any atom is 0.303 e. The van der Waals surface area contributed by atoms with Crippen LogP contribution >= 0.6 is 0 Å². The number of H-pyrrole nitrogens is 1. The van der Waals surface area contributed by atoms with E-state index in [1.54, 1.807) is 0 Å². The van der Waals surface area contributed by atoms with Gasteiger partial charge >= 0.3 is 5.97 Å². The summed E-state index contributed by atoms with van der Waals surface area (Å²) in [6, 6.07) is 9.88. The molecule has 6 nitrogen and oxygen atoms in total. The summed E-state index contributed by atoms with van der Waals surface area (Å²) < 4.78 is 5.91. The summed E-state index contributed by atoms with van der Waals surface area (Å²) in [5.41, 5.74) is 3.32. The molecule has 0 radical (unpaired) electrons. The molecule has 0 amide bonds. The van der Waals surface area contributed by atoms with Gasteiger partial charge in [0, 0.05) is 17.5 Å². The molecule has 3 aromatic rings. The lowest BCUT2D eigenvalue weighted by Crippen LogP contribution is -2.06. The highest BCUT2D eigenvalue weighted by molar-refractivity contribution is 5.96. The smallest absolute Gasteiger partial charge is 0.303 e. The number of carbonyl (C=O) groups is 1. The van der Waals surface area contributed by atoms with Crippen LogP contribution in [0, 0.1) is 0 Å². The standard InChI is InChI=1S/C17H14N2O2.C7H14O2/c20-16-14-13(11-6-4-5-7-11)15(12-8-2-1-3-9-12)21-17(14)19-10-18-16;1-2-3-4-5-6-7(8)9/h1-3,6,8-10H,4-5,7H2,(H,18,19,20);2-6H2,1H3,(H,8,9). The van der Waals surface area contributed by atoms with Crippen molar-refractivity contribution in [2.24, 2.45) is 0 Å². The van der Waals surface area contributed by atoms with Crippen LogP contribution in [0.5, 0.6) is 0 Å². The molecule has 2 heterocycles. The first-order valence-corrected chi connectivity index (χ1v) is 10.6. The number of benzene rings is 1. The van der Waals surface area contributed by atoms with Gasteiger partial charge in [0.05, 0.1) is 6.33 Å². The number of nitrogens with zero attached hydrogens (tertiary/aromatic N) is 1. The first-order valence-electron chi connectivity index (χ1n) is 10.6. The van der Waals surface area contributed by atoms with Crippen LogP contribution < -0.4 is 5.56 Å². The first kappa shape index (κ1) is 21.6. The molecular formula is C24H28N2O4. The molecule has 0 unspecified atom stereocenters. The Morgan fingerprint density at radius 2 is 2.00 bits per heavy atom. The Hall–Kier alpha value is -3.15. The van der Waals surface area contributed by atoms with Crippen molar-refractivity contribution >= 4 is 22.6 Å². The lowest BCUT2D eigenvalue weighted by Gasteiger charge is -2.03. The summed E-state index contributed by atoms with van der Waals surface area (Å²) in [5.74, 6) is 0.0639. The molecule has 0 fully saturated rings. The van der Waals surface area contributed by atoms with Gasteiger partial charge < -0.3 is 14.5 Å². The fraction of sp³-hybridized carbons (Fsp3) is 0.375. The van der Waals surface area contributed by atoms with E-state index in [-0.39, 0.29) is 5.56 Å². The van der Waals surface area contributed by atoms with Crippen molar-refractivity contribution in [1.82, 2.24) is 9.97 Å². The van der Waals surface area contributed by atoms with Crippen molar-refractivity contribution in [2.45, 2.75) is 58.3 Å². The topological polar surface area (TPSA) is 96.2 Å². The summed E-state index contributed by atoms with van der Waals surface area (Å²) in [5, 5.41) is 8.77. The number of nitrogens with one attached hydrogen (secondary N) is 1. The van der Waals surface area contributed by atoms with E-state index in [1.165, 1.54) is 18.3 Å². The molecule has 158 valence electrons. The van der Waals surface area contributed by atoms with Gasteiger partial charge in [-0.05, 0) is 31.3 Å². The van der Waals surface area contributed by atoms with Gasteiger partial charge in [-0.15, -0.1) is 0 Å². The number of fused-ring (bicyclic) bond motifs is 1. The molecule has 1 aromatic carbocycles.